The van der Waals surface area contributed by atoms with Crippen molar-refractivity contribution >= 4 is 21.0 Å². The van der Waals surface area contributed by atoms with Crippen molar-refractivity contribution in [1.29, 1.82) is 0 Å². The molecule has 0 bridgehead atoms. The maximum atomic E-state index is 11.7. The number of imidazole rings is 1. The predicted octanol–water partition coefficient (Wildman–Crippen LogP) is 4.54. The topological polar surface area (TPSA) is 103 Å². The Hall–Kier alpha value is -3.43. The Labute approximate surface area is 192 Å². The molecule has 0 radical (unpaired) electrons. The largest absolute Gasteiger partial charge is 0.488 e. The van der Waals surface area contributed by atoms with Gasteiger partial charge >= 0.3 is 0 Å². The van der Waals surface area contributed by atoms with E-state index in [0.29, 0.717) is 35.3 Å². The van der Waals surface area contributed by atoms with Crippen molar-refractivity contribution in [2.45, 2.75) is 24.8 Å². The number of aromatic amines is 1. The molecule has 0 saturated heterocycles. The Kier molecular flexibility index (Phi) is 6.35. The summed E-state index contributed by atoms with van der Waals surface area (Å²) < 4.78 is 40.6. The lowest BCUT2D eigenvalue weighted by Gasteiger charge is -2.16. The van der Waals surface area contributed by atoms with Gasteiger partial charge in [-0.2, -0.15) is 0 Å². The third-order valence-electron chi connectivity index (χ3n) is 4.85. The number of fused-ring (bicyclic) bond motifs is 1. The van der Waals surface area contributed by atoms with E-state index in [0.717, 1.165) is 16.6 Å². The van der Waals surface area contributed by atoms with Crippen LogP contribution in [0.1, 0.15) is 12.5 Å². The summed E-state index contributed by atoms with van der Waals surface area (Å²) in [6.07, 6.45) is 2.76. The molecule has 1 N–H and O–H groups in total. The molecule has 2 aromatic carbocycles. The average molecular weight is 468 g/mol. The Morgan fingerprint density at radius 2 is 1.76 bits per heavy atom. The van der Waals surface area contributed by atoms with Gasteiger partial charge in [-0.05, 0) is 61.9 Å². The minimum Gasteiger partial charge on any atom is -0.488 e. The predicted molar refractivity (Wildman–Crippen MR) is 126 cm³/mol. The van der Waals surface area contributed by atoms with Crippen molar-refractivity contribution < 1.29 is 22.6 Å². The fourth-order valence-electron chi connectivity index (χ4n) is 3.37. The number of aryl methyl sites for hydroxylation is 1. The molecule has 4 aromatic rings. The monoisotopic (exact) mass is 467 g/mol. The number of benzene rings is 2. The quantitative estimate of drug-likeness (QED) is 0.406. The molecule has 0 saturated carbocycles. The number of aromatic nitrogens is 3. The van der Waals surface area contributed by atoms with E-state index in [1.807, 2.05) is 32.0 Å². The lowest BCUT2D eigenvalue weighted by Crippen LogP contribution is -2.17. The zero-order chi connectivity index (χ0) is 23.6. The molecule has 0 fully saturated rings. The highest BCUT2D eigenvalue weighted by molar-refractivity contribution is 7.90. The van der Waals surface area contributed by atoms with Crippen LogP contribution < -0.4 is 9.47 Å². The summed E-state index contributed by atoms with van der Waals surface area (Å²) >= 11 is 0. The van der Waals surface area contributed by atoms with Gasteiger partial charge in [0.25, 0.3) is 0 Å². The van der Waals surface area contributed by atoms with Crippen LogP contribution in [0.4, 0.5) is 0 Å². The Balaban J connectivity index is 1.70. The van der Waals surface area contributed by atoms with Gasteiger partial charge in [-0.3, -0.25) is 0 Å². The molecule has 1 unspecified atom stereocenters. The summed E-state index contributed by atoms with van der Waals surface area (Å²) in [6.45, 7) is 4.31. The van der Waals surface area contributed by atoms with Crippen LogP contribution in [0.3, 0.4) is 0 Å². The first-order valence-corrected chi connectivity index (χ1v) is 12.2. The number of rotatable bonds is 8. The summed E-state index contributed by atoms with van der Waals surface area (Å²) in [5.41, 5.74) is 3.25. The summed E-state index contributed by atoms with van der Waals surface area (Å²) in [7, 11) is -1.66. The summed E-state index contributed by atoms with van der Waals surface area (Å²) in [5, 5.41) is 0. The van der Waals surface area contributed by atoms with E-state index < -0.39 is 9.84 Å². The van der Waals surface area contributed by atoms with Gasteiger partial charge in [-0.15, -0.1) is 0 Å². The third kappa shape index (κ3) is 5.50. The van der Waals surface area contributed by atoms with E-state index in [1.54, 1.807) is 31.5 Å². The number of H-pyrrole nitrogens is 1. The first kappa shape index (κ1) is 22.8. The zero-order valence-electron chi connectivity index (χ0n) is 18.8. The minimum atomic E-state index is -3.28. The number of sulfone groups is 1. The second-order valence-corrected chi connectivity index (χ2v) is 9.91. The van der Waals surface area contributed by atoms with Crippen molar-refractivity contribution in [3.63, 3.8) is 0 Å². The zero-order valence-corrected chi connectivity index (χ0v) is 19.6. The fourth-order valence-corrected chi connectivity index (χ4v) is 4.00. The number of ether oxygens (including phenoxy) is 3. The first-order chi connectivity index (χ1) is 15.7. The van der Waals surface area contributed by atoms with Crippen molar-refractivity contribution in [2.24, 2.45) is 0 Å². The lowest BCUT2D eigenvalue weighted by atomic mass is 10.2. The van der Waals surface area contributed by atoms with E-state index >= 15 is 0 Å². The number of hydrogen-bond donors (Lipinski definition) is 1. The van der Waals surface area contributed by atoms with Crippen LogP contribution in [0, 0.1) is 6.92 Å². The average Bonchev–Trinajstić information content (AvgIpc) is 3.17. The van der Waals surface area contributed by atoms with Crippen molar-refractivity contribution in [1.82, 2.24) is 15.0 Å². The van der Waals surface area contributed by atoms with E-state index in [-0.39, 0.29) is 11.0 Å². The molecule has 1 atom stereocenters. The van der Waals surface area contributed by atoms with Crippen molar-refractivity contribution in [3.8, 4) is 28.6 Å². The van der Waals surface area contributed by atoms with E-state index in [4.69, 9.17) is 14.2 Å². The van der Waals surface area contributed by atoms with Gasteiger partial charge < -0.3 is 19.2 Å². The van der Waals surface area contributed by atoms with Gasteiger partial charge in [0, 0.05) is 31.2 Å². The lowest BCUT2D eigenvalue weighted by molar-refractivity contribution is 0.0920. The smallest absolute Gasteiger partial charge is 0.178 e. The van der Waals surface area contributed by atoms with E-state index in [9.17, 15) is 8.42 Å². The molecule has 9 heteroatoms. The van der Waals surface area contributed by atoms with Crippen LogP contribution in [-0.4, -0.2) is 49.4 Å². The highest BCUT2D eigenvalue weighted by Gasteiger charge is 2.13. The number of methoxy groups -OCH3 is 1. The second-order valence-electron chi connectivity index (χ2n) is 7.89. The van der Waals surface area contributed by atoms with Gasteiger partial charge in [0.2, 0.25) is 0 Å². The summed E-state index contributed by atoms with van der Waals surface area (Å²) in [6, 6.07) is 13.7. The van der Waals surface area contributed by atoms with Gasteiger partial charge in [0.15, 0.2) is 15.5 Å². The second kappa shape index (κ2) is 9.21. The molecule has 4 rings (SSSR count). The van der Waals surface area contributed by atoms with Gasteiger partial charge in [-0.25, -0.2) is 18.4 Å². The minimum absolute atomic E-state index is 0.174. The Morgan fingerprint density at radius 3 is 2.45 bits per heavy atom. The molecule has 0 aliphatic carbocycles. The SMILES string of the molecule is COCC(C)Oc1cc(Oc2ccc(S(C)(=O)=O)cc2)cc(-c2nc3ncc(C)cc3[nH]2)c1. The first-order valence-electron chi connectivity index (χ1n) is 10.3. The van der Waals surface area contributed by atoms with Crippen LogP contribution in [0.5, 0.6) is 17.2 Å². The molecular formula is C24H25N3O5S. The maximum Gasteiger partial charge on any atom is 0.178 e. The number of nitrogens with zero attached hydrogens (tertiary/aromatic N) is 2. The van der Waals surface area contributed by atoms with Crippen LogP contribution in [0.25, 0.3) is 22.6 Å². The van der Waals surface area contributed by atoms with Gasteiger partial charge in [-0.1, -0.05) is 0 Å². The molecule has 33 heavy (non-hydrogen) atoms. The van der Waals surface area contributed by atoms with Crippen molar-refractivity contribution in [2.75, 3.05) is 20.0 Å². The normalized spacial score (nSPS) is 12.6. The molecule has 172 valence electrons. The van der Waals surface area contributed by atoms with Gasteiger partial charge in [0.05, 0.1) is 17.0 Å². The number of nitrogens with one attached hydrogen (secondary N) is 1. The molecule has 8 nitrogen and oxygen atoms in total. The maximum absolute atomic E-state index is 11.7. The number of hydrogen-bond acceptors (Lipinski definition) is 7. The molecule has 0 aliphatic rings. The van der Waals surface area contributed by atoms with E-state index in [2.05, 4.69) is 15.0 Å². The Morgan fingerprint density at radius 1 is 1.03 bits per heavy atom. The standard InChI is InChI=1S/C24H25N3O5S/c1-15-9-22-24(25-13-15)27-23(26-22)17-10-19(31-16(2)14-30-3)12-20(11-17)32-18-5-7-21(8-6-18)33(4,28)29/h5-13,16H,14H2,1-4H3,(H,25,26,27). The Bertz CT molecular complexity index is 1380. The number of pyridine rings is 1. The molecule has 2 heterocycles. The highest BCUT2D eigenvalue weighted by atomic mass is 32.2. The van der Waals surface area contributed by atoms with E-state index in [1.165, 1.54) is 18.4 Å². The van der Waals surface area contributed by atoms with Crippen LogP contribution in [0.2, 0.25) is 0 Å². The fraction of sp³-hybridized carbons (Fsp3) is 0.250. The van der Waals surface area contributed by atoms with Crippen LogP contribution in [0.15, 0.2) is 59.6 Å². The molecular weight excluding hydrogens is 442 g/mol. The molecule has 0 aliphatic heterocycles. The molecule has 0 spiro atoms. The van der Waals surface area contributed by atoms with Gasteiger partial charge in [0.1, 0.15) is 29.2 Å². The third-order valence-corrected chi connectivity index (χ3v) is 5.98. The highest BCUT2D eigenvalue weighted by Crippen LogP contribution is 2.33. The summed E-state index contributed by atoms with van der Waals surface area (Å²) in [4.78, 5) is 12.5. The van der Waals surface area contributed by atoms with Crippen LogP contribution >= 0.6 is 0 Å². The molecule has 0 amide bonds. The summed E-state index contributed by atoms with van der Waals surface area (Å²) in [5.74, 6) is 2.23. The van der Waals surface area contributed by atoms with Crippen LogP contribution in [-0.2, 0) is 14.6 Å². The van der Waals surface area contributed by atoms with Crippen molar-refractivity contribution in [3.05, 3.63) is 60.3 Å². The molecule has 2 aromatic heterocycles.